The fourth-order valence-corrected chi connectivity index (χ4v) is 1.92. The van der Waals surface area contributed by atoms with Crippen molar-refractivity contribution in [3.05, 3.63) is 54.0 Å². The highest BCUT2D eigenvalue weighted by Crippen LogP contribution is 2.10. The first-order valence-electron chi connectivity index (χ1n) is 7.07. The van der Waals surface area contributed by atoms with Gasteiger partial charge in [0.2, 0.25) is 11.8 Å². The number of benzene rings is 1. The minimum atomic E-state index is -0.554. The van der Waals surface area contributed by atoms with E-state index in [9.17, 15) is 14.4 Å². The van der Waals surface area contributed by atoms with Gasteiger partial charge < -0.3 is 20.8 Å². The van der Waals surface area contributed by atoms with Gasteiger partial charge in [0.25, 0.3) is 5.91 Å². The van der Waals surface area contributed by atoms with Crippen molar-refractivity contribution in [1.29, 1.82) is 0 Å². The summed E-state index contributed by atoms with van der Waals surface area (Å²) in [6, 6.07) is 9.58. The van der Waals surface area contributed by atoms with Gasteiger partial charge in [-0.3, -0.25) is 14.4 Å². The normalized spacial score (nSPS) is 10.1. The Bertz CT molecular complexity index is 695. The molecule has 0 aliphatic carbocycles. The highest BCUT2D eigenvalue weighted by atomic mass is 16.3. The quantitative estimate of drug-likeness (QED) is 0.672. The van der Waals surface area contributed by atoms with Gasteiger partial charge in [-0.2, -0.15) is 0 Å². The molecular formula is C16H17N3O4. The molecule has 4 N–H and O–H groups in total. The molecule has 2 aromatic rings. The summed E-state index contributed by atoms with van der Waals surface area (Å²) in [4.78, 5) is 34.5. The number of amides is 3. The van der Waals surface area contributed by atoms with Gasteiger partial charge in [0, 0.05) is 24.2 Å². The van der Waals surface area contributed by atoms with Crippen LogP contribution in [0.2, 0.25) is 0 Å². The van der Waals surface area contributed by atoms with Crippen LogP contribution in [0.15, 0.2) is 47.1 Å². The Morgan fingerprint density at radius 3 is 2.65 bits per heavy atom. The lowest BCUT2D eigenvalue weighted by atomic mass is 10.2. The minimum Gasteiger partial charge on any atom is -0.459 e. The number of rotatable bonds is 7. The summed E-state index contributed by atoms with van der Waals surface area (Å²) in [5.74, 6) is -0.845. The Morgan fingerprint density at radius 2 is 1.96 bits per heavy atom. The Morgan fingerprint density at radius 1 is 1.13 bits per heavy atom. The molecule has 0 spiro atoms. The van der Waals surface area contributed by atoms with Gasteiger partial charge >= 0.3 is 0 Å². The molecular weight excluding hydrogens is 298 g/mol. The van der Waals surface area contributed by atoms with E-state index in [1.54, 1.807) is 30.3 Å². The van der Waals surface area contributed by atoms with Gasteiger partial charge in [-0.25, -0.2) is 0 Å². The highest BCUT2D eigenvalue weighted by molar-refractivity contribution is 5.96. The zero-order valence-electron chi connectivity index (χ0n) is 12.4. The number of nitrogens with two attached hydrogens (primary N) is 1. The van der Waals surface area contributed by atoms with Gasteiger partial charge in [0.1, 0.15) is 0 Å². The molecule has 1 aromatic carbocycles. The molecule has 0 atom stereocenters. The molecule has 23 heavy (non-hydrogen) atoms. The second-order valence-electron chi connectivity index (χ2n) is 4.83. The summed E-state index contributed by atoms with van der Waals surface area (Å²) in [5, 5.41) is 5.33. The first kappa shape index (κ1) is 16.3. The van der Waals surface area contributed by atoms with Crippen molar-refractivity contribution in [2.75, 3.05) is 11.9 Å². The van der Waals surface area contributed by atoms with Crippen LogP contribution in [0.1, 0.15) is 33.8 Å². The molecule has 0 unspecified atom stereocenters. The van der Waals surface area contributed by atoms with E-state index in [0.717, 1.165) is 0 Å². The number of furan rings is 1. The number of anilines is 1. The number of carbonyl (C=O) groups excluding carboxylic acids is 3. The van der Waals surface area contributed by atoms with E-state index in [1.807, 2.05) is 0 Å². The Hall–Kier alpha value is -3.09. The monoisotopic (exact) mass is 315 g/mol. The largest absolute Gasteiger partial charge is 0.459 e. The first-order chi connectivity index (χ1) is 11.1. The molecule has 7 nitrogen and oxygen atoms in total. The topological polar surface area (TPSA) is 114 Å². The van der Waals surface area contributed by atoms with Crippen LogP contribution >= 0.6 is 0 Å². The molecule has 7 heteroatoms. The van der Waals surface area contributed by atoms with E-state index in [1.165, 1.54) is 12.3 Å². The van der Waals surface area contributed by atoms with E-state index in [4.69, 9.17) is 10.2 Å². The zero-order chi connectivity index (χ0) is 16.7. The summed E-state index contributed by atoms with van der Waals surface area (Å²) >= 11 is 0. The van der Waals surface area contributed by atoms with Crippen LogP contribution in [0.4, 0.5) is 5.69 Å². The fourth-order valence-electron chi connectivity index (χ4n) is 1.92. The van der Waals surface area contributed by atoms with Crippen LogP contribution in [0.5, 0.6) is 0 Å². The van der Waals surface area contributed by atoms with Crippen LogP contribution in [0, 0.1) is 0 Å². The van der Waals surface area contributed by atoms with E-state index in [-0.39, 0.29) is 24.0 Å². The van der Waals surface area contributed by atoms with Gasteiger partial charge in [0.05, 0.1) is 6.26 Å². The second-order valence-corrected chi connectivity index (χ2v) is 4.83. The predicted octanol–water partition coefficient (Wildman–Crippen LogP) is 1.53. The third kappa shape index (κ3) is 4.99. The molecule has 0 saturated heterocycles. The average Bonchev–Trinajstić information content (AvgIpc) is 3.06. The van der Waals surface area contributed by atoms with Crippen molar-refractivity contribution in [2.24, 2.45) is 5.73 Å². The number of hydrogen-bond acceptors (Lipinski definition) is 4. The third-order valence-electron chi connectivity index (χ3n) is 3.04. The molecule has 0 aliphatic rings. The summed E-state index contributed by atoms with van der Waals surface area (Å²) in [7, 11) is 0. The zero-order valence-corrected chi connectivity index (χ0v) is 12.4. The van der Waals surface area contributed by atoms with Crippen LogP contribution in [-0.2, 0) is 4.79 Å². The van der Waals surface area contributed by atoms with E-state index in [2.05, 4.69) is 10.6 Å². The van der Waals surface area contributed by atoms with Crippen molar-refractivity contribution >= 4 is 23.4 Å². The number of nitrogens with one attached hydrogen (secondary N) is 2. The van der Waals surface area contributed by atoms with Crippen LogP contribution in [0.25, 0.3) is 0 Å². The lowest BCUT2D eigenvalue weighted by Gasteiger charge is -2.07. The molecule has 120 valence electrons. The summed E-state index contributed by atoms with van der Waals surface area (Å²) < 4.78 is 4.95. The molecule has 0 saturated carbocycles. The van der Waals surface area contributed by atoms with Crippen molar-refractivity contribution in [3.63, 3.8) is 0 Å². The number of primary amides is 1. The second kappa shape index (κ2) is 7.79. The third-order valence-corrected chi connectivity index (χ3v) is 3.04. The van der Waals surface area contributed by atoms with Crippen molar-refractivity contribution in [3.8, 4) is 0 Å². The number of carbonyl (C=O) groups is 3. The minimum absolute atomic E-state index is 0.209. The maximum absolute atomic E-state index is 11.8. The van der Waals surface area contributed by atoms with E-state index < -0.39 is 5.91 Å². The summed E-state index contributed by atoms with van der Waals surface area (Å²) in [6.07, 6.45) is 2.13. The SMILES string of the molecule is NC(=O)c1cccc(NC(=O)CCCNC(=O)c2ccco2)c1. The average molecular weight is 315 g/mol. The van der Waals surface area contributed by atoms with E-state index >= 15 is 0 Å². The smallest absolute Gasteiger partial charge is 0.286 e. The van der Waals surface area contributed by atoms with E-state index in [0.29, 0.717) is 24.2 Å². The van der Waals surface area contributed by atoms with Crippen LogP contribution in [-0.4, -0.2) is 24.3 Å². The van der Waals surface area contributed by atoms with Gasteiger partial charge in [-0.15, -0.1) is 0 Å². The molecule has 0 fully saturated rings. The lowest BCUT2D eigenvalue weighted by molar-refractivity contribution is -0.116. The maximum atomic E-state index is 11.8. The molecule has 2 rings (SSSR count). The first-order valence-corrected chi connectivity index (χ1v) is 7.07. The highest BCUT2D eigenvalue weighted by Gasteiger charge is 2.08. The summed E-state index contributed by atoms with van der Waals surface area (Å²) in [5.41, 5.74) is 6.01. The van der Waals surface area contributed by atoms with Gasteiger partial charge in [-0.05, 0) is 36.8 Å². The van der Waals surface area contributed by atoms with Gasteiger partial charge in [0.15, 0.2) is 5.76 Å². The molecule has 0 radical (unpaired) electrons. The summed E-state index contributed by atoms with van der Waals surface area (Å²) in [6.45, 7) is 0.355. The van der Waals surface area contributed by atoms with Crippen molar-refractivity contribution < 1.29 is 18.8 Å². The lowest BCUT2D eigenvalue weighted by Crippen LogP contribution is -2.25. The van der Waals surface area contributed by atoms with Crippen LogP contribution < -0.4 is 16.4 Å². The standard InChI is InChI=1S/C16H17N3O4/c17-15(21)11-4-1-5-12(10-11)19-14(20)7-2-8-18-16(22)13-6-3-9-23-13/h1,3-6,9-10H,2,7-8H2,(H2,17,21)(H,18,22)(H,19,20). The fraction of sp³-hybridized carbons (Fsp3) is 0.188. The molecule has 0 bridgehead atoms. The molecule has 1 aromatic heterocycles. The van der Waals surface area contributed by atoms with Crippen LogP contribution in [0.3, 0.4) is 0 Å². The van der Waals surface area contributed by atoms with Gasteiger partial charge in [-0.1, -0.05) is 6.07 Å². The predicted molar refractivity (Wildman–Crippen MR) is 83.9 cm³/mol. The Kier molecular flexibility index (Phi) is 5.51. The molecule has 3 amide bonds. The Balaban J connectivity index is 1.72. The van der Waals surface area contributed by atoms with Crippen molar-refractivity contribution in [2.45, 2.75) is 12.8 Å². The number of hydrogen-bond donors (Lipinski definition) is 3. The molecule has 1 heterocycles. The molecule has 0 aliphatic heterocycles. The Labute approximate surface area is 132 Å². The maximum Gasteiger partial charge on any atom is 0.286 e. The van der Waals surface area contributed by atoms with Crippen molar-refractivity contribution in [1.82, 2.24) is 5.32 Å².